The molecule has 4 aromatic carbocycles. The van der Waals surface area contributed by atoms with Crippen LogP contribution in [0.1, 0.15) is 79.2 Å². The fraction of sp³-hybridized carbons (Fsp3) is 0.222. The highest BCUT2D eigenvalue weighted by atomic mass is 32.2. The molecule has 46 heavy (non-hydrogen) atoms. The minimum absolute atomic E-state index is 0.141. The van der Waals surface area contributed by atoms with Gasteiger partial charge in [-0.2, -0.15) is 0 Å². The lowest BCUT2D eigenvalue weighted by molar-refractivity contribution is 0.0686. The summed E-state index contributed by atoms with van der Waals surface area (Å²) in [6.07, 6.45) is 3.28. The van der Waals surface area contributed by atoms with Gasteiger partial charge in [0.1, 0.15) is 0 Å². The first kappa shape index (κ1) is 32.8. The van der Waals surface area contributed by atoms with Gasteiger partial charge in [0.15, 0.2) is 0 Å². The summed E-state index contributed by atoms with van der Waals surface area (Å²) in [5.74, 6) is -0.144. The molecule has 0 saturated carbocycles. The van der Waals surface area contributed by atoms with Crippen LogP contribution in [0.15, 0.2) is 94.7 Å². The highest BCUT2D eigenvalue weighted by molar-refractivity contribution is 7.99. The molecule has 0 spiro atoms. The zero-order chi connectivity index (χ0) is 32.8. The maximum atomic E-state index is 12.4. The largest absolute Gasteiger partial charge is 0.478 e. The summed E-state index contributed by atoms with van der Waals surface area (Å²) in [4.78, 5) is 48.8. The Labute approximate surface area is 276 Å². The van der Waals surface area contributed by atoms with E-state index in [4.69, 9.17) is 10.2 Å². The topological polar surface area (TPSA) is 133 Å². The number of carboxylic acids is 2. The summed E-state index contributed by atoms with van der Waals surface area (Å²) >= 11 is 3.62. The van der Waals surface area contributed by atoms with E-state index in [0.29, 0.717) is 22.5 Å². The Morgan fingerprint density at radius 3 is 1.70 bits per heavy atom. The van der Waals surface area contributed by atoms with Gasteiger partial charge in [0.25, 0.3) is 11.8 Å². The fourth-order valence-electron chi connectivity index (χ4n) is 5.19. The first-order valence-corrected chi connectivity index (χ1v) is 16.8. The van der Waals surface area contributed by atoms with E-state index >= 15 is 0 Å². The normalized spacial score (nSPS) is 14.4. The van der Waals surface area contributed by atoms with E-state index in [1.54, 1.807) is 36.0 Å². The van der Waals surface area contributed by atoms with E-state index in [2.05, 4.69) is 24.5 Å². The Bertz CT molecular complexity index is 1790. The van der Waals surface area contributed by atoms with Crippen LogP contribution in [0, 0.1) is 0 Å². The standard InChI is InChI=1S/C19H19NO3S.C17H15NO3S/c1-19(2)9-10-24-16-11-13(5-8-15(16)19)17(21)20-14-6-3-12(4-7-14)18(22)23;19-16(18-14-6-3-11(4-7-14)17(20)21)13-5-8-15-12(10-13)2-1-9-22-15/h3-8,11H,9-10H2,1-2H3,(H,20,21)(H,22,23);3-8,10H,1-2,9H2,(H,18,19)(H,20,21). The summed E-state index contributed by atoms with van der Waals surface area (Å²) in [6, 6.07) is 23.9. The number of aryl methyl sites for hydroxylation is 1. The minimum atomic E-state index is -0.984. The molecule has 6 rings (SSSR count). The van der Waals surface area contributed by atoms with Crippen molar-refractivity contribution >= 4 is 58.7 Å². The van der Waals surface area contributed by atoms with Crippen LogP contribution >= 0.6 is 23.5 Å². The van der Waals surface area contributed by atoms with Crippen molar-refractivity contribution in [2.75, 3.05) is 22.1 Å². The number of carbonyl (C=O) groups is 4. The van der Waals surface area contributed by atoms with Crippen LogP contribution in [0.2, 0.25) is 0 Å². The number of hydrogen-bond donors (Lipinski definition) is 4. The number of benzene rings is 4. The van der Waals surface area contributed by atoms with E-state index < -0.39 is 11.9 Å². The molecule has 4 aromatic rings. The Kier molecular flexibility index (Phi) is 10.2. The molecule has 0 atom stereocenters. The molecule has 2 amide bonds. The number of rotatable bonds is 6. The number of thioether (sulfide) groups is 2. The second-order valence-electron chi connectivity index (χ2n) is 11.6. The van der Waals surface area contributed by atoms with Gasteiger partial charge in [0.05, 0.1) is 11.1 Å². The third-order valence-corrected chi connectivity index (χ3v) is 10.2. The second-order valence-corrected chi connectivity index (χ2v) is 13.9. The molecule has 2 aliphatic heterocycles. The van der Waals surface area contributed by atoms with Gasteiger partial charge in [-0.1, -0.05) is 19.9 Å². The van der Waals surface area contributed by atoms with E-state index in [9.17, 15) is 19.2 Å². The van der Waals surface area contributed by atoms with E-state index in [1.807, 2.05) is 48.2 Å². The smallest absolute Gasteiger partial charge is 0.335 e. The third kappa shape index (κ3) is 7.99. The van der Waals surface area contributed by atoms with Gasteiger partial charge in [-0.15, -0.1) is 23.5 Å². The third-order valence-electron chi connectivity index (χ3n) is 7.91. The molecule has 8 nitrogen and oxygen atoms in total. The quantitative estimate of drug-likeness (QED) is 0.164. The molecule has 4 N–H and O–H groups in total. The average molecular weight is 655 g/mol. The summed E-state index contributed by atoms with van der Waals surface area (Å²) < 4.78 is 0. The summed E-state index contributed by atoms with van der Waals surface area (Å²) in [6.45, 7) is 4.46. The van der Waals surface area contributed by atoms with Gasteiger partial charge >= 0.3 is 11.9 Å². The van der Waals surface area contributed by atoms with Crippen LogP contribution in [0.3, 0.4) is 0 Å². The molecule has 2 heterocycles. The predicted molar refractivity (Wildman–Crippen MR) is 183 cm³/mol. The molecule has 0 radical (unpaired) electrons. The predicted octanol–water partition coefficient (Wildman–Crippen LogP) is 8.09. The number of nitrogens with one attached hydrogen (secondary N) is 2. The summed E-state index contributed by atoms with van der Waals surface area (Å²) in [5.41, 5.74) is 5.46. The van der Waals surface area contributed by atoms with Crippen molar-refractivity contribution in [1.82, 2.24) is 0 Å². The number of carbonyl (C=O) groups excluding carboxylic acids is 2. The van der Waals surface area contributed by atoms with E-state index in [1.165, 1.54) is 45.2 Å². The molecule has 236 valence electrons. The number of aromatic carboxylic acids is 2. The molecule has 0 saturated heterocycles. The summed E-state index contributed by atoms with van der Waals surface area (Å²) in [5, 5.41) is 23.4. The lowest BCUT2D eigenvalue weighted by Gasteiger charge is -2.32. The maximum absolute atomic E-state index is 12.4. The Morgan fingerprint density at radius 1 is 0.630 bits per heavy atom. The molecular weight excluding hydrogens is 621 g/mol. The number of hydrogen-bond acceptors (Lipinski definition) is 6. The van der Waals surface area contributed by atoms with Crippen LogP contribution < -0.4 is 10.6 Å². The molecule has 0 aliphatic carbocycles. The van der Waals surface area contributed by atoms with Crippen molar-refractivity contribution in [2.45, 2.75) is 48.3 Å². The van der Waals surface area contributed by atoms with Crippen molar-refractivity contribution in [3.8, 4) is 0 Å². The van der Waals surface area contributed by atoms with Crippen molar-refractivity contribution in [3.63, 3.8) is 0 Å². The van der Waals surface area contributed by atoms with Crippen LogP contribution in [0.25, 0.3) is 0 Å². The van der Waals surface area contributed by atoms with Crippen molar-refractivity contribution in [3.05, 3.63) is 118 Å². The average Bonchev–Trinajstić information content (AvgIpc) is 3.05. The molecule has 2 aliphatic rings. The lowest BCUT2D eigenvalue weighted by Crippen LogP contribution is -2.23. The van der Waals surface area contributed by atoms with Crippen molar-refractivity contribution in [2.24, 2.45) is 0 Å². The Balaban J connectivity index is 0.000000182. The molecule has 0 fully saturated rings. The van der Waals surface area contributed by atoms with Gasteiger partial charge in [0.2, 0.25) is 0 Å². The first-order valence-electron chi connectivity index (χ1n) is 14.8. The van der Waals surface area contributed by atoms with Gasteiger partial charge in [-0.3, -0.25) is 9.59 Å². The zero-order valence-corrected chi connectivity index (χ0v) is 27.1. The molecule has 10 heteroatoms. The monoisotopic (exact) mass is 654 g/mol. The zero-order valence-electron chi connectivity index (χ0n) is 25.5. The number of amides is 2. The Hall–Kier alpha value is -4.54. The number of carboxylic acid groups (broad SMARTS) is 2. The van der Waals surface area contributed by atoms with Gasteiger partial charge in [-0.25, -0.2) is 9.59 Å². The second kappa shape index (κ2) is 14.3. The van der Waals surface area contributed by atoms with Gasteiger partial charge in [-0.05, 0) is 126 Å². The van der Waals surface area contributed by atoms with Crippen LogP contribution in [0.4, 0.5) is 11.4 Å². The molecular formula is C36H34N2O6S2. The Morgan fingerprint density at radius 2 is 1.13 bits per heavy atom. The van der Waals surface area contributed by atoms with Gasteiger partial charge in [0, 0.05) is 32.3 Å². The number of fused-ring (bicyclic) bond motifs is 2. The fourth-order valence-corrected chi connectivity index (χ4v) is 7.75. The van der Waals surface area contributed by atoms with Crippen LogP contribution in [0.5, 0.6) is 0 Å². The van der Waals surface area contributed by atoms with Crippen LogP contribution in [-0.4, -0.2) is 45.5 Å². The lowest BCUT2D eigenvalue weighted by atomic mass is 9.81. The van der Waals surface area contributed by atoms with Crippen molar-refractivity contribution < 1.29 is 29.4 Å². The number of anilines is 2. The SMILES string of the molecule is CC1(C)CCSc2cc(C(=O)Nc3ccc(C(=O)O)cc3)ccc21.O=C(O)c1ccc(NC(=O)c2ccc3c(c2)CCCS3)cc1. The summed E-state index contributed by atoms with van der Waals surface area (Å²) in [7, 11) is 0. The highest BCUT2D eigenvalue weighted by Gasteiger charge is 2.28. The van der Waals surface area contributed by atoms with Crippen molar-refractivity contribution in [1.29, 1.82) is 0 Å². The molecule has 0 unspecified atom stereocenters. The minimum Gasteiger partial charge on any atom is -0.478 e. The van der Waals surface area contributed by atoms with E-state index in [0.717, 1.165) is 30.8 Å². The van der Waals surface area contributed by atoms with Crippen LogP contribution in [-0.2, 0) is 11.8 Å². The molecule has 0 aromatic heterocycles. The highest BCUT2D eigenvalue weighted by Crippen LogP contribution is 2.41. The molecule has 0 bridgehead atoms. The maximum Gasteiger partial charge on any atom is 0.335 e. The first-order chi connectivity index (χ1) is 22.0. The van der Waals surface area contributed by atoms with E-state index in [-0.39, 0.29) is 28.4 Å². The van der Waals surface area contributed by atoms with Gasteiger partial charge < -0.3 is 20.8 Å².